The van der Waals surface area contributed by atoms with E-state index < -0.39 is 0 Å². The molecule has 1 N–H and O–H groups in total. The molecule has 0 saturated carbocycles. The summed E-state index contributed by atoms with van der Waals surface area (Å²) in [5.41, 5.74) is 2.62. The van der Waals surface area contributed by atoms with Crippen molar-refractivity contribution < 1.29 is 4.79 Å². The fourth-order valence-corrected chi connectivity index (χ4v) is 4.99. The Kier molecular flexibility index (Phi) is 3.80. The summed E-state index contributed by atoms with van der Waals surface area (Å²) >= 11 is 14.0. The molecule has 0 saturated heterocycles. The number of carbonyl (C=O) groups excluding carboxylic acids is 1. The molecule has 1 aromatic heterocycles. The molecule has 0 fully saturated rings. The molecule has 0 atom stereocenters. The predicted molar refractivity (Wildman–Crippen MR) is 96.9 cm³/mol. The van der Waals surface area contributed by atoms with Gasteiger partial charge in [-0.25, -0.2) is 0 Å². The van der Waals surface area contributed by atoms with Crippen LogP contribution in [-0.2, 0) is 12.8 Å². The van der Waals surface area contributed by atoms with Crippen LogP contribution in [0.5, 0.6) is 0 Å². The van der Waals surface area contributed by atoms with Crippen molar-refractivity contribution in [2.24, 2.45) is 0 Å². The summed E-state index contributed by atoms with van der Waals surface area (Å²) in [7, 11) is 0. The first kappa shape index (κ1) is 15.0. The smallest absolute Gasteiger partial charge is 0.263 e. The molecule has 1 aliphatic rings. The molecular weight excluding hydrogens is 349 g/mol. The van der Waals surface area contributed by atoms with E-state index in [9.17, 15) is 4.79 Å². The van der Waals surface area contributed by atoms with E-state index in [-0.39, 0.29) is 11.9 Å². The standard InChI is InChI=1S/C18H13Cl2NOS/c19-13-6-3-7-14-15(13)16(20)17(23-14)18(22)21-12-8-10-4-1-2-5-11(10)9-12/h1-7,12H,8-9H2,(H,21,22). The molecule has 2 nitrogen and oxygen atoms in total. The van der Waals surface area contributed by atoms with Crippen molar-refractivity contribution in [1.82, 2.24) is 5.32 Å². The largest absolute Gasteiger partial charge is 0.348 e. The lowest BCUT2D eigenvalue weighted by atomic mass is 10.1. The van der Waals surface area contributed by atoms with E-state index in [0.29, 0.717) is 14.9 Å². The second-order valence-electron chi connectivity index (χ2n) is 5.71. The third kappa shape index (κ3) is 2.63. The molecule has 2 aromatic carbocycles. The van der Waals surface area contributed by atoms with Crippen molar-refractivity contribution in [3.8, 4) is 0 Å². The number of fused-ring (bicyclic) bond motifs is 2. The van der Waals surface area contributed by atoms with E-state index in [2.05, 4.69) is 17.4 Å². The Morgan fingerprint density at radius 3 is 2.39 bits per heavy atom. The highest BCUT2D eigenvalue weighted by Crippen LogP contribution is 2.39. The molecule has 0 aliphatic heterocycles. The van der Waals surface area contributed by atoms with E-state index >= 15 is 0 Å². The Morgan fingerprint density at radius 1 is 1.04 bits per heavy atom. The van der Waals surface area contributed by atoms with Gasteiger partial charge >= 0.3 is 0 Å². The molecule has 5 heteroatoms. The Labute approximate surface area is 148 Å². The zero-order valence-electron chi connectivity index (χ0n) is 12.1. The molecule has 116 valence electrons. The number of hydrogen-bond acceptors (Lipinski definition) is 2. The number of halogens is 2. The number of rotatable bonds is 2. The van der Waals surface area contributed by atoms with Crippen molar-refractivity contribution in [3.63, 3.8) is 0 Å². The molecule has 23 heavy (non-hydrogen) atoms. The van der Waals surface area contributed by atoms with Crippen LogP contribution in [0.25, 0.3) is 10.1 Å². The molecule has 4 rings (SSSR count). The first-order valence-electron chi connectivity index (χ1n) is 7.37. The minimum absolute atomic E-state index is 0.120. The lowest BCUT2D eigenvalue weighted by molar-refractivity contribution is 0.0943. The van der Waals surface area contributed by atoms with Crippen LogP contribution in [0.2, 0.25) is 10.0 Å². The van der Waals surface area contributed by atoms with Crippen LogP contribution in [-0.4, -0.2) is 11.9 Å². The SMILES string of the molecule is O=C(NC1Cc2ccccc2C1)c1sc2cccc(Cl)c2c1Cl. The molecule has 1 aliphatic carbocycles. The Balaban J connectivity index is 1.59. The van der Waals surface area contributed by atoms with Gasteiger partial charge in [0.25, 0.3) is 5.91 Å². The summed E-state index contributed by atoms with van der Waals surface area (Å²) in [6.45, 7) is 0. The van der Waals surface area contributed by atoms with Gasteiger partial charge in [0.15, 0.2) is 0 Å². The van der Waals surface area contributed by atoms with Gasteiger partial charge in [-0.1, -0.05) is 53.5 Å². The molecule has 0 bridgehead atoms. The van der Waals surface area contributed by atoms with E-state index in [1.54, 1.807) is 6.07 Å². The van der Waals surface area contributed by atoms with Crippen molar-refractivity contribution in [2.45, 2.75) is 18.9 Å². The Bertz CT molecular complexity index is 894. The number of hydrogen-bond donors (Lipinski definition) is 1. The number of benzene rings is 2. The fourth-order valence-electron chi connectivity index (χ4n) is 3.13. The maximum atomic E-state index is 12.6. The number of amides is 1. The maximum Gasteiger partial charge on any atom is 0.263 e. The van der Waals surface area contributed by atoms with Crippen LogP contribution < -0.4 is 5.32 Å². The van der Waals surface area contributed by atoms with Crippen molar-refractivity contribution in [1.29, 1.82) is 0 Å². The molecule has 0 spiro atoms. The molecule has 1 amide bonds. The summed E-state index contributed by atoms with van der Waals surface area (Å²) in [6, 6.07) is 14.0. The van der Waals surface area contributed by atoms with E-state index in [1.807, 2.05) is 24.3 Å². The zero-order chi connectivity index (χ0) is 16.0. The van der Waals surface area contributed by atoms with Crippen molar-refractivity contribution in [3.05, 3.63) is 68.5 Å². The summed E-state index contributed by atoms with van der Waals surface area (Å²) in [6.07, 6.45) is 1.73. The third-order valence-corrected chi connectivity index (χ3v) is 6.16. The van der Waals surface area contributed by atoms with E-state index in [1.165, 1.54) is 22.5 Å². The molecular formula is C18H13Cl2NOS. The van der Waals surface area contributed by atoms with E-state index in [0.717, 1.165) is 22.9 Å². The predicted octanol–water partition coefficient (Wildman–Crippen LogP) is 5.11. The monoisotopic (exact) mass is 361 g/mol. The highest BCUT2D eigenvalue weighted by molar-refractivity contribution is 7.21. The van der Waals surface area contributed by atoms with Crippen LogP contribution in [0.1, 0.15) is 20.8 Å². The highest BCUT2D eigenvalue weighted by Gasteiger charge is 2.25. The van der Waals surface area contributed by atoms with Crippen LogP contribution >= 0.6 is 34.5 Å². The number of carbonyl (C=O) groups is 1. The summed E-state index contributed by atoms with van der Waals surface area (Å²) in [5.74, 6) is -0.120. The molecule has 3 aromatic rings. The second kappa shape index (κ2) is 5.82. The lowest BCUT2D eigenvalue weighted by Gasteiger charge is -2.11. The third-order valence-electron chi connectivity index (χ3n) is 4.20. The minimum Gasteiger partial charge on any atom is -0.348 e. The molecule has 1 heterocycles. The van der Waals surface area contributed by atoms with Gasteiger partial charge in [-0.05, 0) is 36.1 Å². The average Bonchev–Trinajstić information content (AvgIpc) is 3.08. The first-order valence-corrected chi connectivity index (χ1v) is 8.95. The highest BCUT2D eigenvalue weighted by atomic mass is 35.5. The lowest BCUT2D eigenvalue weighted by Crippen LogP contribution is -2.35. The maximum absolute atomic E-state index is 12.6. The van der Waals surface area contributed by atoms with Gasteiger partial charge in [-0.2, -0.15) is 0 Å². The van der Waals surface area contributed by atoms with Gasteiger partial charge in [0.05, 0.1) is 10.0 Å². The van der Waals surface area contributed by atoms with Gasteiger partial charge in [-0.15, -0.1) is 11.3 Å². The van der Waals surface area contributed by atoms with Gasteiger partial charge < -0.3 is 5.32 Å². The van der Waals surface area contributed by atoms with Gasteiger partial charge in [0, 0.05) is 16.1 Å². The van der Waals surface area contributed by atoms with Crippen LogP contribution in [0, 0.1) is 0 Å². The van der Waals surface area contributed by atoms with Gasteiger partial charge in [-0.3, -0.25) is 4.79 Å². The van der Waals surface area contributed by atoms with Crippen LogP contribution in [0.4, 0.5) is 0 Å². The topological polar surface area (TPSA) is 29.1 Å². The molecule has 0 radical (unpaired) electrons. The number of thiophene rings is 1. The molecule has 0 unspecified atom stereocenters. The quantitative estimate of drug-likeness (QED) is 0.675. The van der Waals surface area contributed by atoms with Crippen LogP contribution in [0.3, 0.4) is 0 Å². The van der Waals surface area contributed by atoms with E-state index in [4.69, 9.17) is 23.2 Å². The number of nitrogens with one attached hydrogen (secondary N) is 1. The Morgan fingerprint density at radius 2 is 1.74 bits per heavy atom. The minimum atomic E-state index is -0.120. The fraction of sp³-hybridized carbons (Fsp3) is 0.167. The van der Waals surface area contributed by atoms with Crippen molar-refractivity contribution >= 4 is 50.5 Å². The normalized spacial score (nSPS) is 14.2. The average molecular weight is 362 g/mol. The first-order chi connectivity index (χ1) is 11.1. The summed E-state index contributed by atoms with van der Waals surface area (Å²) in [5, 5.41) is 4.90. The zero-order valence-corrected chi connectivity index (χ0v) is 14.4. The Hall–Kier alpha value is -1.55. The summed E-state index contributed by atoms with van der Waals surface area (Å²) in [4.78, 5) is 13.2. The van der Waals surface area contributed by atoms with Gasteiger partial charge in [0.1, 0.15) is 4.88 Å². The second-order valence-corrected chi connectivity index (χ2v) is 7.54. The summed E-state index contributed by atoms with van der Waals surface area (Å²) < 4.78 is 0.933. The van der Waals surface area contributed by atoms with Crippen molar-refractivity contribution in [2.75, 3.05) is 0 Å². The van der Waals surface area contributed by atoms with Gasteiger partial charge in [0.2, 0.25) is 0 Å². The van der Waals surface area contributed by atoms with Crippen LogP contribution in [0.15, 0.2) is 42.5 Å².